The third-order valence-corrected chi connectivity index (χ3v) is 6.88. The number of para-hydroxylation sites is 1. The molecule has 6 nitrogen and oxygen atoms in total. The quantitative estimate of drug-likeness (QED) is 0.742. The molecule has 3 atom stereocenters. The number of anilines is 2. The van der Waals surface area contributed by atoms with Gasteiger partial charge in [0.05, 0.1) is 12.1 Å². The summed E-state index contributed by atoms with van der Waals surface area (Å²) in [6.45, 7) is 7.55. The number of aromatic nitrogens is 2. The standard InChI is InChI=1S/C22H28N4O2/c1-3-28-20(27)11-18-15-10-16(18)13-25(12-15)21-17-6-4-5-7-19(17)23-22(24-21)26-9-8-14(26)2/h4-7,14-16,18H,3,8-13H2,1-2H3/t14-,15?,16?,18?/m0/s1. The summed E-state index contributed by atoms with van der Waals surface area (Å²) in [5, 5.41) is 1.13. The lowest BCUT2D eigenvalue weighted by Gasteiger charge is -2.54. The molecule has 1 saturated carbocycles. The van der Waals surface area contributed by atoms with Gasteiger partial charge in [-0.05, 0) is 56.6 Å². The summed E-state index contributed by atoms with van der Waals surface area (Å²) < 4.78 is 5.17. The third kappa shape index (κ3) is 2.90. The molecule has 0 spiro atoms. The average molecular weight is 380 g/mol. The molecule has 3 aliphatic heterocycles. The van der Waals surface area contributed by atoms with Crippen LogP contribution >= 0.6 is 0 Å². The number of esters is 1. The SMILES string of the molecule is CCOC(=O)CC1C2CC1CN(c1nc(N3CC[C@@H]3C)nc3ccccc13)C2. The van der Waals surface area contributed by atoms with Crippen molar-refractivity contribution in [1.82, 2.24) is 9.97 Å². The molecule has 1 aliphatic carbocycles. The van der Waals surface area contributed by atoms with E-state index >= 15 is 0 Å². The maximum absolute atomic E-state index is 11.9. The van der Waals surface area contributed by atoms with Crippen LogP contribution in [0.3, 0.4) is 0 Å². The van der Waals surface area contributed by atoms with Crippen LogP contribution in [0, 0.1) is 17.8 Å². The van der Waals surface area contributed by atoms with Crippen LogP contribution in [-0.2, 0) is 9.53 Å². The van der Waals surface area contributed by atoms with Gasteiger partial charge in [-0.3, -0.25) is 4.79 Å². The van der Waals surface area contributed by atoms with Gasteiger partial charge in [0.15, 0.2) is 0 Å². The van der Waals surface area contributed by atoms with E-state index in [-0.39, 0.29) is 5.97 Å². The van der Waals surface area contributed by atoms with Crippen molar-refractivity contribution in [2.24, 2.45) is 17.8 Å². The van der Waals surface area contributed by atoms with Gasteiger partial charge in [-0.25, -0.2) is 4.98 Å². The predicted octanol–water partition coefficient (Wildman–Crippen LogP) is 3.25. The Hall–Kier alpha value is -2.37. The molecule has 28 heavy (non-hydrogen) atoms. The van der Waals surface area contributed by atoms with E-state index in [1.54, 1.807) is 0 Å². The minimum Gasteiger partial charge on any atom is -0.466 e. The van der Waals surface area contributed by atoms with Crippen LogP contribution in [0.1, 0.15) is 33.1 Å². The van der Waals surface area contributed by atoms with Crippen molar-refractivity contribution in [1.29, 1.82) is 0 Å². The lowest BCUT2D eigenvalue weighted by atomic mass is 9.60. The summed E-state index contributed by atoms with van der Waals surface area (Å²) in [5.41, 5.74) is 1.02. The second-order valence-electron chi connectivity index (χ2n) is 8.53. The first kappa shape index (κ1) is 17.7. The molecule has 4 heterocycles. The molecule has 1 aromatic heterocycles. The van der Waals surface area contributed by atoms with Crippen LogP contribution in [0.5, 0.6) is 0 Å². The fourth-order valence-electron chi connectivity index (χ4n) is 5.14. The zero-order chi connectivity index (χ0) is 19.3. The van der Waals surface area contributed by atoms with E-state index in [0.29, 0.717) is 36.8 Å². The summed E-state index contributed by atoms with van der Waals surface area (Å²) in [7, 11) is 0. The molecule has 0 radical (unpaired) electrons. The molecule has 148 valence electrons. The van der Waals surface area contributed by atoms with E-state index in [0.717, 1.165) is 42.3 Å². The molecule has 0 N–H and O–H groups in total. The predicted molar refractivity (Wildman–Crippen MR) is 110 cm³/mol. The molecule has 6 heteroatoms. The monoisotopic (exact) mass is 380 g/mol. The van der Waals surface area contributed by atoms with Crippen LogP contribution in [0.2, 0.25) is 0 Å². The highest BCUT2D eigenvalue weighted by Crippen LogP contribution is 2.49. The Morgan fingerprint density at radius 2 is 2.00 bits per heavy atom. The Morgan fingerprint density at radius 3 is 2.68 bits per heavy atom. The van der Waals surface area contributed by atoms with Gasteiger partial charge < -0.3 is 14.5 Å². The number of hydrogen-bond donors (Lipinski definition) is 0. The van der Waals surface area contributed by atoms with Crippen molar-refractivity contribution in [3.05, 3.63) is 24.3 Å². The summed E-state index contributed by atoms with van der Waals surface area (Å²) in [6, 6.07) is 8.84. The molecule has 6 rings (SSSR count). The highest BCUT2D eigenvalue weighted by molar-refractivity contribution is 5.90. The van der Waals surface area contributed by atoms with E-state index in [2.05, 4.69) is 34.9 Å². The molecule has 0 amide bonds. The lowest BCUT2D eigenvalue weighted by molar-refractivity contribution is -0.147. The minimum absolute atomic E-state index is 0.0443. The van der Waals surface area contributed by atoms with Crippen molar-refractivity contribution >= 4 is 28.6 Å². The van der Waals surface area contributed by atoms with Crippen molar-refractivity contribution < 1.29 is 9.53 Å². The molecule has 2 unspecified atom stereocenters. The first-order valence-corrected chi connectivity index (χ1v) is 10.6. The number of fused-ring (bicyclic) bond motifs is 3. The van der Waals surface area contributed by atoms with Crippen LogP contribution in [0.15, 0.2) is 24.3 Å². The number of piperidine rings is 2. The molecule has 3 saturated heterocycles. The first-order valence-electron chi connectivity index (χ1n) is 10.6. The van der Waals surface area contributed by atoms with E-state index in [1.807, 2.05) is 13.0 Å². The van der Waals surface area contributed by atoms with Gasteiger partial charge in [-0.15, -0.1) is 0 Å². The number of ether oxygens (including phenoxy) is 1. The fourth-order valence-corrected chi connectivity index (χ4v) is 5.14. The van der Waals surface area contributed by atoms with Gasteiger partial charge in [0.2, 0.25) is 5.95 Å². The summed E-state index contributed by atoms with van der Waals surface area (Å²) >= 11 is 0. The van der Waals surface area contributed by atoms with Gasteiger partial charge in [0.25, 0.3) is 0 Å². The molecule has 2 bridgehead atoms. The van der Waals surface area contributed by atoms with Crippen molar-refractivity contribution in [3.8, 4) is 0 Å². The van der Waals surface area contributed by atoms with Crippen LogP contribution in [0.4, 0.5) is 11.8 Å². The Morgan fingerprint density at radius 1 is 1.21 bits per heavy atom. The van der Waals surface area contributed by atoms with Crippen LogP contribution in [0.25, 0.3) is 10.9 Å². The summed E-state index contributed by atoms with van der Waals surface area (Å²) in [6.07, 6.45) is 2.99. The Balaban J connectivity index is 1.40. The number of carbonyl (C=O) groups is 1. The van der Waals surface area contributed by atoms with Crippen molar-refractivity contribution in [2.45, 2.75) is 39.2 Å². The van der Waals surface area contributed by atoms with E-state index in [1.165, 1.54) is 12.8 Å². The smallest absolute Gasteiger partial charge is 0.306 e. The van der Waals surface area contributed by atoms with Gasteiger partial charge in [0, 0.05) is 37.5 Å². The second kappa shape index (κ2) is 6.90. The van der Waals surface area contributed by atoms with Crippen LogP contribution < -0.4 is 9.80 Å². The zero-order valence-electron chi connectivity index (χ0n) is 16.7. The molecule has 4 aliphatic rings. The molecule has 1 aromatic carbocycles. The number of nitrogens with zero attached hydrogens (tertiary/aromatic N) is 4. The van der Waals surface area contributed by atoms with Crippen LogP contribution in [-0.4, -0.2) is 48.2 Å². The second-order valence-corrected chi connectivity index (χ2v) is 8.53. The highest BCUT2D eigenvalue weighted by Gasteiger charge is 2.48. The van der Waals surface area contributed by atoms with E-state index < -0.39 is 0 Å². The molecular formula is C22H28N4O2. The Bertz CT molecular complexity index is 889. The van der Waals surface area contributed by atoms with Gasteiger partial charge in [0.1, 0.15) is 5.82 Å². The van der Waals surface area contributed by atoms with Gasteiger partial charge >= 0.3 is 5.97 Å². The van der Waals surface area contributed by atoms with Gasteiger partial charge in [-0.2, -0.15) is 4.98 Å². The van der Waals surface area contributed by atoms with E-state index in [4.69, 9.17) is 14.7 Å². The minimum atomic E-state index is -0.0443. The first-order chi connectivity index (χ1) is 13.6. The number of hydrogen-bond acceptors (Lipinski definition) is 6. The van der Waals surface area contributed by atoms with Crippen molar-refractivity contribution in [2.75, 3.05) is 36.0 Å². The normalized spacial score (nSPS) is 28.6. The van der Waals surface area contributed by atoms with Gasteiger partial charge in [-0.1, -0.05) is 12.1 Å². The topological polar surface area (TPSA) is 58.6 Å². The average Bonchev–Trinajstić information content (AvgIpc) is 2.70. The highest BCUT2D eigenvalue weighted by atomic mass is 16.5. The third-order valence-electron chi connectivity index (χ3n) is 6.88. The maximum Gasteiger partial charge on any atom is 0.306 e. The molecular weight excluding hydrogens is 352 g/mol. The van der Waals surface area contributed by atoms with E-state index in [9.17, 15) is 4.79 Å². The molecule has 2 aromatic rings. The van der Waals surface area contributed by atoms with Crippen molar-refractivity contribution in [3.63, 3.8) is 0 Å². The summed E-state index contributed by atoms with van der Waals surface area (Å²) in [4.78, 5) is 26.5. The largest absolute Gasteiger partial charge is 0.466 e. The molecule has 4 fully saturated rings. The Labute approximate surface area is 165 Å². The zero-order valence-corrected chi connectivity index (χ0v) is 16.7. The number of carbonyl (C=O) groups excluding carboxylic acids is 1. The summed E-state index contributed by atoms with van der Waals surface area (Å²) in [5.74, 6) is 3.46. The number of benzene rings is 1. The maximum atomic E-state index is 11.9. The number of rotatable bonds is 5. The lowest BCUT2D eigenvalue weighted by Crippen LogP contribution is -2.56. The Kier molecular flexibility index (Phi) is 4.37. The fraction of sp³-hybridized carbons (Fsp3) is 0.591.